The summed E-state index contributed by atoms with van der Waals surface area (Å²) >= 11 is 3.58. The molecule has 35 heavy (non-hydrogen) atoms. The first-order chi connectivity index (χ1) is 16.9. The van der Waals surface area contributed by atoms with E-state index in [1.165, 1.54) is 0 Å². The highest BCUT2D eigenvalue weighted by Crippen LogP contribution is 2.37. The van der Waals surface area contributed by atoms with Gasteiger partial charge in [0.1, 0.15) is 5.75 Å². The number of halogens is 1. The highest BCUT2D eigenvalue weighted by molar-refractivity contribution is 9.10. The van der Waals surface area contributed by atoms with Crippen LogP contribution < -0.4 is 9.64 Å². The average molecular weight is 545 g/mol. The number of esters is 2. The van der Waals surface area contributed by atoms with Gasteiger partial charge in [0.05, 0.1) is 41.0 Å². The van der Waals surface area contributed by atoms with Gasteiger partial charge >= 0.3 is 11.9 Å². The highest BCUT2D eigenvalue weighted by atomic mass is 79.9. The lowest BCUT2D eigenvalue weighted by molar-refractivity contribution is -0.145. The van der Waals surface area contributed by atoms with Gasteiger partial charge in [0.25, 0.3) is 0 Å². The number of ether oxygens (including phenoxy) is 3. The number of carbonyl (C=O) groups is 2. The van der Waals surface area contributed by atoms with Gasteiger partial charge < -0.3 is 23.7 Å². The van der Waals surface area contributed by atoms with E-state index in [4.69, 9.17) is 14.2 Å². The molecule has 0 atom stereocenters. The number of para-hydroxylation sites is 1. The second-order valence-corrected chi connectivity index (χ2v) is 8.99. The molecule has 0 fully saturated rings. The van der Waals surface area contributed by atoms with Crippen molar-refractivity contribution in [2.75, 3.05) is 31.8 Å². The lowest BCUT2D eigenvalue weighted by Crippen LogP contribution is -2.21. The smallest absolute Gasteiger partial charge is 0.344 e. The first-order valence-corrected chi connectivity index (χ1v) is 12.8. The molecule has 1 heterocycles. The van der Waals surface area contributed by atoms with Crippen LogP contribution in [0.5, 0.6) is 5.75 Å². The van der Waals surface area contributed by atoms with Crippen LogP contribution in [0.15, 0.2) is 46.9 Å². The standard InChI is InChI=1S/C27H33BrN2O5/c1-5-8-14-30-22-16-21(28)24(35-18-25(31)33-6-2)15-20(22)26(27(32)34-7-3)23(30)17-29(4)19-12-10-9-11-13-19/h9-13,15-16H,5-8,14,17-18H2,1-4H3. The van der Waals surface area contributed by atoms with Crippen molar-refractivity contribution in [1.29, 1.82) is 0 Å². The van der Waals surface area contributed by atoms with E-state index in [0.717, 1.165) is 41.7 Å². The molecule has 8 heteroatoms. The molecule has 0 N–H and O–H groups in total. The monoisotopic (exact) mass is 544 g/mol. The SMILES string of the molecule is CCCCn1c(CN(C)c2ccccc2)c(C(=O)OCC)c2cc(OCC(=O)OCC)c(Br)cc21. The number of hydrogen-bond donors (Lipinski definition) is 0. The first-order valence-electron chi connectivity index (χ1n) is 12.0. The van der Waals surface area contributed by atoms with E-state index in [9.17, 15) is 9.59 Å². The summed E-state index contributed by atoms with van der Waals surface area (Å²) in [4.78, 5) is 27.2. The van der Waals surface area contributed by atoms with E-state index in [0.29, 0.717) is 22.3 Å². The van der Waals surface area contributed by atoms with Crippen molar-refractivity contribution in [2.24, 2.45) is 0 Å². The Balaban J connectivity index is 2.14. The summed E-state index contributed by atoms with van der Waals surface area (Å²) < 4.78 is 19.1. The number of benzene rings is 2. The molecule has 3 aromatic rings. The van der Waals surface area contributed by atoms with E-state index < -0.39 is 5.97 Å². The third kappa shape index (κ3) is 6.36. The van der Waals surface area contributed by atoms with Crippen LogP contribution in [0.1, 0.15) is 49.7 Å². The summed E-state index contributed by atoms with van der Waals surface area (Å²) in [5, 5.41) is 0.734. The second kappa shape index (κ2) is 12.6. The number of aromatic nitrogens is 1. The van der Waals surface area contributed by atoms with Crippen LogP contribution in [-0.2, 0) is 27.4 Å². The average Bonchev–Trinajstić information content (AvgIpc) is 3.13. The number of hydrogen-bond acceptors (Lipinski definition) is 6. The zero-order chi connectivity index (χ0) is 25.4. The molecular formula is C27H33BrN2O5. The number of fused-ring (bicyclic) bond motifs is 1. The summed E-state index contributed by atoms with van der Waals surface area (Å²) in [6.07, 6.45) is 1.98. The van der Waals surface area contributed by atoms with Gasteiger partial charge in [-0.25, -0.2) is 9.59 Å². The number of nitrogens with zero attached hydrogens (tertiary/aromatic N) is 2. The Kier molecular flexibility index (Phi) is 9.60. The molecule has 7 nitrogen and oxygen atoms in total. The summed E-state index contributed by atoms with van der Waals surface area (Å²) in [5.74, 6) is -0.356. The van der Waals surface area contributed by atoms with Crippen LogP contribution in [0.4, 0.5) is 5.69 Å². The van der Waals surface area contributed by atoms with Crippen molar-refractivity contribution in [3.63, 3.8) is 0 Å². The molecule has 0 aliphatic rings. The number of anilines is 1. The van der Waals surface area contributed by atoms with Crippen molar-refractivity contribution in [2.45, 2.75) is 46.7 Å². The molecule has 0 saturated carbocycles. The lowest BCUT2D eigenvalue weighted by atomic mass is 10.1. The van der Waals surface area contributed by atoms with E-state index in [1.54, 1.807) is 19.9 Å². The maximum atomic E-state index is 13.3. The zero-order valence-corrected chi connectivity index (χ0v) is 22.4. The van der Waals surface area contributed by atoms with Gasteiger partial charge in [-0.3, -0.25) is 0 Å². The van der Waals surface area contributed by atoms with Crippen LogP contribution in [0.25, 0.3) is 10.9 Å². The van der Waals surface area contributed by atoms with E-state index in [-0.39, 0.29) is 25.8 Å². The third-order valence-electron chi connectivity index (χ3n) is 5.67. The predicted octanol–water partition coefficient (Wildman–Crippen LogP) is 5.96. The molecular weight excluding hydrogens is 512 g/mol. The van der Waals surface area contributed by atoms with Crippen molar-refractivity contribution < 1.29 is 23.8 Å². The molecule has 0 aliphatic carbocycles. The van der Waals surface area contributed by atoms with Crippen LogP contribution >= 0.6 is 15.9 Å². The van der Waals surface area contributed by atoms with E-state index >= 15 is 0 Å². The Hall–Kier alpha value is -3.00. The Morgan fingerprint density at radius 2 is 1.74 bits per heavy atom. The van der Waals surface area contributed by atoms with Crippen molar-refractivity contribution in [1.82, 2.24) is 4.57 Å². The summed E-state index contributed by atoms with van der Waals surface area (Å²) in [7, 11) is 2.01. The van der Waals surface area contributed by atoms with E-state index in [1.807, 2.05) is 43.4 Å². The fourth-order valence-electron chi connectivity index (χ4n) is 4.02. The maximum Gasteiger partial charge on any atom is 0.344 e. The van der Waals surface area contributed by atoms with Crippen LogP contribution in [0, 0.1) is 0 Å². The number of rotatable bonds is 12. The van der Waals surface area contributed by atoms with Gasteiger partial charge in [-0.2, -0.15) is 0 Å². The van der Waals surface area contributed by atoms with E-state index in [2.05, 4.69) is 32.3 Å². The minimum absolute atomic E-state index is 0.215. The first kappa shape index (κ1) is 26.6. The number of aryl methyl sites for hydroxylation is 1. The Morgan fingerprint density at radius 1 is 1.03 bits per heavy atom. The summed E-state index contributed by atoms with van der Waals surface area (Å²) in [6, 6.07) is 13.8. The Morgan fingerprint density at radius 3 is 2.40 bits per heavy atom. The minimum atomic E-state index is -0.448. The van der Waals surface area contributed by atoms with Crippen LogP contribution in [0.2, 0.25) is 0 Å². The fraction of sp³-hybridized carbons (Fsp3) is 0.407. The van der Waals surface area contributed by atoms with Crippen molar-refractivity contribution >= 4 is 44.5 Å². The molecule has 188 valence electrons. The molecule has 3 rings (SSSR count). The minimum Gasteiger partial charge on any atom is -0.481 e. The van der Waals surface area contributed by atoms with Gasteiger partial charge in [0, 0.05) is 24.7 Å². The lowest BCUT2D eigenvalue weighted by Gasteiger charge is -2.22. The third-order valence-corrected chi connectivity index (χ3v) is 6.29. The summed E-state index contributed by atoms with van der Waals surface area (Å²) in [6.45, 7) is 7.32. The fourth-order valence-corrected chi connectivity index (χ4v) is 4.46. The van der Waals surface area contributed by atoms with Gasteiger partial charge in [-0.05, 0) is 60.5 Å². The van der Waals surface area contributed by atoms with Crippen molar-refractivity contribution in [3.05, 3.63) is 58.2 Å². The molecule has 0 amide bonds. The van der Waals surface area contributed by atoms with Crippen LogP contribution in [-0.4, -0.2) is 43.4 Å². The molecule has 0 aliphatic heterocycles. The highest BCUT2D eigenvalue weighted by Gasteiger charge is 2.26. The second-order valence-electron chi connectivity index (χ2n) is 8.13. The zero-order valence-electron chi connectivity index (χ0n) is 20.8. The number of unbranched alkanes of at least 4 members (excludes halogenated alkanes) is 1. The van der Waals surface area contributed by atoms with Gasteiger partial charge in [0.15, 0.2) is 6.61 Å². The Bertz CT molecular complexity index is 1160. The molecule has 0 radical (unpaired) electrons. The topological polar surface area (TPSA) is 70.0 Å². The molecule has 0 bridgehead atoms. The van der Waals surface area contributed by atoms with Crippen LogP contribution in [0.3, 0.4) is 0 Å². The number of carbonyl (C=O) groups excluding carboxylic acids is 2. The van der Waals surface area contributed by atoms with Gasteiger partial charge in [-0.1, -0.05) is 31.5 Å². The molecule has 2 aromatic carbocycles. The molecule has 0 saturated heterocycles. The molecule has 0 spiro atoms. The largest absolute Gasteiger partial charge is 0.481 e. The predicted molar refractivity (Wildman–Crippen MR) is 141 cm³/mol. The molecule has 0 unspecified atom stereocenters. The summed E-state index contributed by atoms with van der Waals surface area (Å²) in [5.41, 5.74) is 3.37. The maximum absolute atomic E-state index is 13.3. The Labute approximate surface area is 215 Å². The molecule has 1 aromatic heterocycles. The normalized spacial score (nSPS) is 10.9. The quantitative estimate of drug-likeness (QED) is 0.262. The van der Waals surface area contributed by atoms with Gasteiger partial charge in [-0.15, -0.1) is 0 Å². The van der Waals surface area contributed by atoms with Crippen molar-refractivity contribution in [3.8, 4) is 5.75 Å². The van der Waals surface area contributed by atoms with Gasteiger partial charge in [0.2, 0.25) is 0 Å².